The van der Waals surface area contributed by atoms with Gasteiger partial charge in [-0.3, -0.25) is 9.97 Å². The Kier molecular flexibility index (Phi) is 5.71. The van der Waals surface area contributed by atoms with Gasteiger partial charge in [0.15, 0.2) is 0 Å². The van der Waals surface area contributed by atoms with Gasteiger partial charge in [-0.05, 0) is 92.4 Å². The van der Waals surface area contributed by atoms with Crippen molar-refractivity contribution in [2.75, 3.05) is 0 Å². The fourth-order valence-corrected chi connectivity index (χ4v) is 5.53. The molecule has 1 aliphatic carbocycles. The first-order valence-corrected chi connectivity index (χ1v) is 12.5. The van der Waals surface area contributed by atoms with Crippen LogP contribution in [0.5, 0.6) is 0 Å². The number of nitrogens with zero attached hydrogens (tertiary/aromatic N) is 2. The number of aryl methyl sites for hydroxylation is 1. The first-order valence-electron chi connectivity index (χ1n) is 12.5. The molecule has 2 nitrogen and oxygen atoms in total. The quantitative estimate of drug-likeness (QED) is 0.233. The summed E-state index contributed by atoms with van der Waals surface area (Å²) in [6.07, 6.45) is 11.3. The summed E-state index contributed by atoms with van der Waals surface area (Å²) in [5, 5.41) is 7.92. The Labute approximate surface area is 206 Å². The molecule has 2 aromatic heterocycles. The van der Waals surface area contributed by atoms with Gasteiger partial charge >= 0.3 is 0 Å². The second kappa shape index (κ2) is 9.31. The molecule has 1 aliphatic rings. The van der Waals surface area contributed by atoms with Crippen molar-refractivity contribution in [3.05, 3.63) is 121 Å². The third-order valence-corrected chi connectivity index (χ3v) is 7.31. The van der Waals surface area contributed by atoms with Gasteiger partial charge in [-0.25, -0.2) is 0 Å². The van der Waals surface area contributed by atoms with E-state index in [4.69, 9.17) is 0 Å². The van der Waals surface area contributed by atoms with Crippen molar-refractivity contribution < 1.29 is 0 Å². The molecule has 0 saturated heterocycles. The Bertz CT molecular complexity index is 1570. The highest BCUT2D eigenvalue weighted by Gasteiger charge is 2.20. The third kappa shape index (κ3) is 4.06. The maximum absolute atomic E-state index is 4.35. The zero-order valence-electron chi connectivity index (χ0n) is 20.0. The van der Waals surface area contributed by atoms with Crippen molar-refractivity contribution in [2.24, 2.45) is 0 Å². The van der Waals surface area contributed by atoms with Crippen LogP contribution in [-0.4, -0.2) is 9.97 Å². The van der Waals surface area contributed by atoms with Gasteiger partial charge in [0, 0.05) is 30.4 Å². The van der Waals surface area contributed by atoms with Gasteiger partial charge in [0.2, 0.25) is 0 Å². The standard InChI is InChI=1S/C24H21N.C9H7N/c1-16-6-4-10-19-18(16)11-12-22-20-8-2-3-9-21(20)23(14-24(19)22)17-7-5-13-25-15-17;1-2-4-9-7-10-6-5-8(9)3-1/h2-3,5,7-9,11-16H,4,6,10H2,1H3;1-7H. The lowest BCUT2D eigenvalue weighted by molar-refractivity contribution is 0.593. The van der Waals surface area contributed by atoms with Crippen LogP contribution in [0, 0.1) is 0 Å². The zero-order chi connectivity index (χ0) is 23.6. The van der Waals surface area contributed by atoms with Crippen molar-refractivity contribution in [3.63, 3.8) is 0 Å². The molecular weight excluding hydrogens is 424 g/mol. The number of hydrogen-bond acceptors (Lipinski definition) is 2. The van der Waals surface area contributed by atoms with Gasteiger partial charge in [0.05, 0.1) is 0 Å². The maximum Gasteiger partial charge on any atom is 0.0346 e. The van der Waals surface area contributed by atoms with E-state index in [1.54, 1.807) is 11.1 Å². The lowest BCUT2D eigenvalue weighted by atomic mass is 9.80. The van der Waals surface area contributed by atoms with Crippen LogP contribution >= 0.6 is 0 Å². The molecule has 2 heterocycles. The van der Waals surface area contributed by atoms with E-state index in [1.807, 2.05) is 49.1 Å². The van der Waals surface area contributed by atoms with Gasteiger partial charge in [0.1, 0.15) is 0 Å². The van der Waals surface area contributed by atoms with Gasteiger partial charge in [0.25, 0.3) is 0 Å². The number of hydrogen-bond donors (Lipinski definition) is 0. The van der Waals surface area contributed by atoms with Crippen molar-refractivity contribution in [1.82, 2.24) is 9.97 Å². The largest absolute Gasteiger partial charge is 0.264 e. The van der Waals surface area contributed by atoms with Crippen molar-refractivity contribution in [1.29, 1.82) is 0 Å². The third-order valence-electron chi connectivity index (χ3n) is 7.31. The van der Waals surface area contributed by atoms with Crippen LogP contribution in [0.2, 0.25) is 0 Å². The van der Waals surface area contributed by atoms with E-state index >= 15 is 0 Å². The number of pyridine rings is 2. The predicted octanol–water partition coefficient (Wildman–Crippen LogP) is 8.73. The fourth-order valence-electron chi connectivity index (χ4n) is 5.53. The Morgan fingerprint density at radius 2 is 1.43 bits per heavy atom. The van der Waals surface area contributed by atoms with E-state index < -0.39 is 0 Å². The molecule has 1 atom stereocenters. The monoisotopic (exact) mass is 452 g/mol. The van der Waals surface area contributed by atoms with Crippen LogP contribution in [-0.2, 0) is 6.42 Å². The zero-order valence-corrected chi connectivity index (χ0v) is 20.0. The smallest absolute Gasteiger partial charge is 0.0346 e. The molecule has 0 bridgehead atoms. The SMILES string of the molecule is CC1CCCc2c1ccc1c2cc(-c2cccnc2)c2ccccc21.c1ccc2cnccc2c1. The average Bonchev–Trinajstić information content (AvgIpc) is 2.93. The molecule has 6 aromatic rings. The number of fused-ring (bicyclic) bond motifs is 6. The highest BCUT2D eigenvalue weighted by molar-refractivity contribution is 6.14. The molecule has 0 fully saturated rings. The second-order valence-corrected chi connectivity index (χ2v) is 9.46. The molecule has 0 spiro atoms. The molecule has 2 heteroatoms. The van der Waals surface area contributed by atoms with E-state index in [0.717, 1.165) is 0 Å². The van der Waals surface area contributed by atoms with Gasteiger partial charge < -0.3 is 0 Å². The molecule has 0 radical (unpaired) electrons. The molecule has 0 saturated carbocycles. The van der Waals surface area contributed by atoms with Crippen LogP contribution in [0.15, 0.2) is 110 Å². The van der Waals surface area contributed by atoms with Crippen molar-refractivity contribution >= 4 is 32.3 Å². The van der Waals surface area contributed by atoms with E-state index in [-0.39, 0.29) is 0 Å². The van der Waals surface area contributed by atoms with Crippen molar-refractivity contribution in [3.8, 4) is 11.1 Å². The highest BCUT2D eigenvalue weighted by atomic mass is 14.6. The lowest BCUT2D eigenvalue weighted by Gasteiger charge is -2.25. The van der Waals surface area contributed by atoms with Crippen LogP contribution in [0.1, 0.15) is 36.8 Å². The Morgan fingerprint density at radius 3 is 2.26 bits per heavy atom. The number of rotatable bonds is 1. The normalized spacial score (nSPS) is 14.9. The van der Waals surface area contributed by atoms with Crippen LogP contribution in [0.3, 0.4) is 0 Å². The minimum atomic E-state index is 0.668. The van der Waals surface area contributed by atoms with E-state index in [2.05, 4.69) is 77.6 Å². The van der Waals surface area contributed by atoms with E-state index in [9.17, 15) is 0 Å². The first-order chi connectivity index (χ1) is 17.3. The summed E-state index contributed by atoms with van der Waals surface area (Å²) < 4.78 is 0. The summed E-state index contributed by atoms with van der Waals surface area (Å²) in [7, 11) is 0. The summed E-state index contributed by atoms with van der Waals surface area (Å²) in [6, 6.07) is 30.3. The average molecular weight is 453 g/mol. The Balaban J connectivity index is 0.000000191. The topological polar surface area (TPSA) is 25.8 Å². The first kappa shape index (κ1) is 21.5. The summed E-state index contributed by atoms with van der Waals surface area (Å²) in [5.41, 5.74) is 5.60. The molecule has 7 rings (SSSR count). The highest BCUT2D eigenvalue weighted by Crippen LogP contribution is 2.41. The van der Waals surface area contributed by atoms with Gasteiger partial charge in [-0.15, -0.1) is 0 Å². The van der Waals surface area contributed by atoms with E-state index in [0.29, 0.717) is 5.92 Å². The minimum absolute atomic E-state index is 0.668. The van der Waals surface area contributed by atoms with E-state index in [1.165, 1.54) is 62.7 Å². The summed E-state index contributed by atoms with van der Waals surface area (Å²) in [5.74, 6) is 0.668. The molecule has 1 unspecified atom stereocenters. The summed E-state index contributed by atoms with van der Waals surface area (Å²) in [4.78, 5) is 8.36. The molecule has 0 amide bonds. The number of benzene rings is 4. The molecule has 0 N–H and O–H groups in total. The lowest BCUT2D eigenvalue weighted by Crippen LogP contribution is -2.07. The van der Waals surface area contributed by atoms with Crippen LogP contribution in [0.25, 0.3) is 43.4 Å². The Morgan fingerprint density at radius 1 is 0.657 bits per heavy atom. The minimum Gasteiger partial charge on any atom is -0.264 e. The summed E-state index contributed by atoms with van der Waals surface area (Å²) >= 11 is 0. The Hall–Kier alpha value is -4.04. The van der Waals surface area contributed by atoms with Gasteiger partial charge in [-0.2, -0.15) is 0 Å². The van der Waals surface area contributed by atoms with Crippen LogP contribution in [0.4, 0.5) is 0 Å². The molecule has 4 aromatic carbocycles. The van der Waals surface area contributed by atoms with Crippen LogP contribution < -0.4 is 0 Å². The second-order valence-electron chi connectivity index (χ2n) is 9.46. The maximum atomic E-state index is 4.35. The number of aromatic nitrogens is 2. The molecule has 0 aliphatic heterocycles. The predicted molar refractivity (Wildman–Crippen MR) is 148 cm³/mol. The molecule has 170 valence electrons. The fraction of sp³-hybridized carbons (Fsp3) is 0.152. The van der Waals surface area contributed by atoms with Gasteiger partial charge in [-0.1, -0.05) is 73.7 Å². The molecule has 35 heavy (non-hydrogen) atoms. The van der Waals surface area contributed by atoms with Crippen molar-refractivity contribution in [2.45, 2.75) is 32.1 Å². The molecular formula is C33H28N2. The summed E-state index contributed by atoms with van der Waals surface area (Å²) in [6.45, 7) is 2.37.